The Balaban J connectivity index is 2.19. The van der Waals surface area contributed by atoms with E-state index in [2.05, 4.69) is 25.2 Å². The summed E-state index contributed by atoms with van der Waals surface area (Å²) in [7, 11) is 0. The molecule has 2 nitrogen and oxygen atoms in total. The van der Waals surface area contributed by atoms with Crippen LogP contribution in [0, 0.1) is 5.92 Å². The van der Waals surface area contributed by atoms with Gasteiger partial charge in [0, 0.05) is 0 Å². The van der Waals surface area contributed by atoms with Crippen molar-refractivity contribution in [2.24, 2.45) is 5.92 Å². The van der Waals surface area contributed by atoms with Crippen LogP contribution in [-0.4, -0.2) is 18.2 Å². The van der Waals surface area contributed by atoms with Crippen molar-refractivity contribution < 1.29 is 5.11 Å². The number of halogens is 1. The number of phenolic OH excluding ortho intramolecular Hbond substituents is 1. The van der Waals surface area contributed by atoms with E-state index in [1.807, 2.05) is 6.07 Å². The molecule has 0 amide bonds. The summed E-state index contributed by atoms with van der Waals surface area (Å²) in [5, 5.41) is 14.0. The highest BCUT2D eigenvalue weighted by atomic mass is 35.5. The standard InChI is InChI=1S/C15H22ClNO/c1-10(2)12-7-13(15(18)14(16)8-12)6-11-4-3-5-17-9-11/h7-8,10-11,17-18H,3-6,9H2,1-2H3. The Morgan fingerprint density at radius 3 is 2.83 bits per heavy atom. The normalized spacial score (nSPS) is 20.3. The van der Waals surface area contributed by atoms with Gasteiger partial charge in [-0.05, 0) is 61.4 Å². The second-order valence-electron chi connectivity index (χ2n) is 5.58. The summed E-state index contributed by atoms with van der Waals surface area (Å²) in [5.41, 5.74) is 2.21. The van der Waals surface area contributed by atoms with Gasteiger partial charge in [0.25, 0.3) is 0 Å². The van der Waals surface area contributed by atoms with Crippen LogP contribution in [0.5, 0.6) is 5.75 Å². The summed E-state index contributed by atoms with van der Waals surface area (Å²) < 4.78 is 0. The molecule has 0 spiro atoms. The first-order chi connectivity index (χ1) is 8.58. The summed E-state index contributed by atoms with van der Waals surface area (Å²) in [6.45, 7) is 6.46. The van der Waals surface area contributed by atoms with Crippen molar-refractivity contribution >= 4 is 11.6 Å². The van der Waals surface area contributed by atoms with Gasteiger partial charge in [0.15, 0.2) is 0 Å². The predicted molar refractivity (Wildman–Crippen MR) is 76.5 cm³/mol. The van der Waals surface area contributed by atoms with E-state index in [1.165, 1.54) is 18.4 Å². The Morgan fingerprint density at radius 2 is 2.22 bits per heavy atom. The molecule has 1 aromatic carbocycles. The van der Waals surface area contributed by atoms with Gasteiger partial charge in [0.05, 0.1) is 5.02 Å². The Labute approximate surface area is 114 Å². The van der Waals surface area contributed by atoms with Crippen molar-refractivity contribution in [1.82, 2.24) is 5.32 Å². The van der Waals surface area contributed by atoms with E-state index in [4.69, 9.17) is 11.6 Å². The highest BCUT2D eigenvalue weighted by molar-refractivity contribution is 6.32. The molecule has 1 atom stereocenters. The van der Waals surface area contributed by atoms with Crippen molar-refractivity contribution in [3.8, 4) is 5.75 Å². The van der Waals surface area contributed by atoms with Gasteiger partial charge in [-0.15, -0.1) is 0 Å². The monoisotopic (exact) mass is 267 g/mol. The number of hydrogen-bond donors (Lipinski definition) is 2. The zero-order chi connectivity index (χ0) is 13.1. The van der Waals surface area contributed by atoms with Crippen molar-refractivity contribution in [2.45, 2.75) is 39.0 Å². The Kier molecular flexibility index (Phi) is 4.52. The lowest BCUT2D eigenvalue weighted by molar-refractivity contribution is 0.369. The Morgan fingerprint density at radius 1 is 1.44 bits per heavy atom. The fourth-order valence-corrected chi connectivity index (χ4v) is 2.82. The van der Waals surface area contributed by atoms with Crippen molar-refractivity contribution in [2.75, 3.05) is 13.1 Å². The maximum Gasteiger partial charge on any atom is 0.137 e. The molecule has 1 saturated heterocycles. The molecule has 2 N–H and O–H groups in total. The molecule has 18 heavy (non-hydrogen) atoms. The minimum atomic E-state index is 0.270. The number of nitrogens with one attached hydrogen (secondary N) is 1. The zero-order valence-electron chi connectivity index (χ0n) is 11.2. The fourth-order valence-electron chi connectivity index (χ4n) is 2.58. The number of aromatic hydroxyl groups is 1. The van der Waals surface area contributed by atoms with E-state index in [1.54, 1.807) is 0 Å². The smallest absolute Gasteiger partial charge is 0.137 e. The summed E-state index contributed by atoms with van der Waals surface area (Å²) in [5.74, 6) is 1.32. The first kappa shape index (κ1) is 13.7. The van der Waals surface area contributed by atoms with E-state index in [9.17, 15) is 5.11 Å². The molecule has 1 aromatic rings. The molecule has 1 fully saturated rings. The van der Waals surface area contributed by atoms with E-state index in [0.717, 1.165) is 25.1 Å². The van der Waals surface area contributed by atoms with Crippen LogP contribution >= 0.6 is 11.6 Å². The third-order valence-electron chi connectivity index (χ3n) is 3.74. The average molecular weight is 268 g/mol. The quantitative estimate of drug-likeness (QED) is 0.875. The van der Waals surface area contributed by atoms with E-state index in [0.29, 0.717) is 16.9 Å². The van der Waals surface area contributed by atoms with E-state index < -0.39 is 0 Å². The summed E-state index contributed by atoms with van der Waals surface area (Å²) in [4.78, 5) is 0. The van der Waals surface area contributed by atoms with Crippen LogP contribution < -0.4 is 5.32 Å². The number of phenols is 1. The molecule has 0 aliphatic carbocycles. The van der Waals surface area contributed by atoms with Crippen molar-refractivity contribution in [1.29, 1.82) is 0 Å². The van der Waals surface area contributed by atoms with Crippen LogP contribution in [0.4, 0.5) is 0 Å². The van der Waals surface area contributed by atoms with Crippen molar-refractivity contribution in [3.05, 3.63) is 28.3 Å². The molecular formula is C15H22ClNO. The topological polar surface area (TPSA) is 32.3 Å². The molecule has 0 bridgehead atoms. The molecule has 1 heterocycles. The summed E-state index contributed by atoms with van der Waals surface area (Å²) >= 11 is 6.12. The van der Waals surface area contributed by atoms with Gasteiger partial charge in [-0.3, -0.25) is 0 Å². The fraction of sp³-hybridized carbons (Fsp3) is 0.600. The number of benzene rings is 1. The van der Waals surface area contributed by atoms with Gasteiger partial charge < -0.3 is 10.4 Å². The summed E-state index contributed by atoms with van der Waals surface area (Å²) in [6.07, 6.45) is 3.37. The first-order valence-electron chi connectivity index (χ1n) is 6.80. The molecule has 1 unspecified atom stereocenters. The third-order valence-corrected chi connectivity index (χ3v) is 4.03. The molecule has 0 saturated carbocycles. The lowest BCUT2D eigenvalue weighted by atomic mass is 9.90. The van der Waals surface area contributed by atoms with E-state index in [-0.39, 0.29) is 5.75 Å². The second-order valence-corrected chi connectivity index (χ2v) is 5.99. The SMILES string of the molecule is CC(C)c1cc(Cl)c(O)c(CC2CCCNC2)c1. The van der Waals surface area contributed by atoms with Crippen LogP contribution in [0.15, 0.2) is 12.1 Å². The maximum atomic E-state index is 10.1. The lowest BCUT2D eigenvalue weighted by Gasteiger charge is -2.23. The molecule has 2 rings (SSSR count). The number of hydrogen-bond acceptors (Lipinski definition) is 2. The Hall–Kier alpha value is -0.730. The van der Waals surface area contributed by atoms with E-state index >= 15 is 0 Å². The third kappa shape index (κ3) is 3.18. The van der Waals surface area contributed by atoms with Crippen LogP contribution in [0.3, 0.4) is 0 Å². The maximum absolute atomic E-state index is 10.1. The molecule has 100 valence electrons. The molecule has 1 aliphatic rings. The number of rotatable bonds is 3. The summed E-state index contributed by atoms with van der Waals surface area (Å²) in [6, 6.07) is 3.99. The lowest BCUT2D eigenvalue weighted by Crippen LogP contribution is -2.30. The molecule has 0 radical (unpaired) electrons. The highest BCUT2D eigenvalue weighted by Gasteiger charge is 2.17. The predicted octanol–water partition coefficient (Wildman–Crippen LogP) is 3.71. The Bertz CT molecular complexity index is 411. The molecule has 1 aliphatic heterocycles. The van der Waals surface area contributed by atoms with Gasteiger partial charge in [0.2, 0.25) is 0 Å². The largest absolute Gasteiger partial charge is 0.506 e. The van der Waals surface area contributed by atoms with Crippen molar-refractivity contribution in [3.63, 3.8) is 0 Å². The zero-order valence-corrected chi connectivity index (χ0v) is 11.9. The molecule has 0 aromatic heterocycles. The van der Waals surface area contributed by atoms with Crippen LogP contribution in [0.2, 0.25) is 5.02 Å². The minimum absolute atomic E-state index is 0.270. The first-order valence-corrected chi connectivity index (χ1v) is 7.17. The number of piperidine rings is 1. The average Bonchev–Trinajstić information content (AvgIpc) is 2.35. The minimum Gasteiger partial charge on any atom is -0.506 e. The van der Waals surface area contributed by atoms with Crippen LogP contribution in [-0.2, 0) is 6.42 Å². The second kappa shape index (κ2) is 5.94. The molecule has 3 heteroatoms. The molecular weight excluding hydrogens is 246 g/mol. The van der Waals surface area contributed by atoms with Gasteiger partial charge in [0.1, 0.15) is 5.75 Å². The van der Waals surface area contributed by atoms with Gasteiger partial charge in [-0.1, -0.05) is 31.5 Å². The van der Waals surface area contributed by atoms with Crippen LogP contribution in [0.25, 0.3) is 0 Å². The highest BCUT2D eigenvalue weighted by Crippen LogP contribution is 2.33. The van der Waals surface area contributed by atoms with Gasteiger partial charge in [-0.25, -0.2) is 0 Å². The van der Waals surface area contributed by atoms with Gasteiger partial charge in [-0.2, -0.15) is 0 Å². The van der Waals surface area contributed by atoms with Gasteiger partial charge >= 0.3 is 0 Å². The van der Waals surface area contributed by atoms with Crippen LogP contribution in [0.1, 0.15) is 43.7 Å².